The van der Waals surface area contributed by atoms with Crippen molar-refractivity contribution in [3.8, 4) is 11.5 Å². The first kappa shape index (κ1) is 22.0. The third-order valence-electron chi connectivity index (χ3n) is 4.24. The van der Waals surface area contributed by atoms with E-state index in [2.05, 4.69) is 26.6 Å². The average Bonchev–Trinajstić information content (AvgIpc) is 2.67. The van der Waals surface area contributed by atoms with Crippen LogP contribution >= 0.6 is 27.5 Å². The maximum Gasteiger partial charge on any atom is 0.326 e. The summed E-state index contributed by atoms with van der Waals surface area (Å²) in [5.41, 5.74) is 2.72. The van der Waals surface area contributed by atoms with Gasteiger partial charge in [0.05, 0.1) is 23.7 Å². The number of anilines is 1. The topological polar surface area (TPSA) is 76.7 Å². The molecule has 0 radical (unpaired) electrons. The lowest BCUT2D eigenvalue weighted by atomic mass is 10.0. The Hall–Kier alpha value is -2.25. The molecule has 8 heteroatoms. The number of carbonyl (C=O) groups excluding carboxylic acids is 2. The summed E-state index contributed by atoms with van der Waals surface area (Å²) in [5, 5.41) is 5.32. The molecule has 6 nitrogen and oxygen atoms in total. The Kier molecular flexibility index (Phi) is 7.71. The summed E-state index contributed by atoms with van der Waals surface area (Å²) in [6, 6.07) is 6.74. The fraction of sp³-hybridized carbons (Fsp3) is 0.300. The van der Waals surface area contributed by atoms with Crippen LogP contribution in [0, 0.1) is 0 Å². The van der Waals surface area contributed by atoms with Crippen molar-refractivity contribution in [1.29, 1.82) is 0 Å². The molecule has 0 aliphatic rings. The lowest BCUT2D eigenvalue weighted by Crippen LogP contribution is -2.35. The number of amides is 3. The first-order valence-corrected chi connectivity index (χ1v) is 9.87. The molecule has 0 saturated heterocycles. The van der Waals surface area contributed by atoms with Gasteiger partial charge in [0.1, 0.15) is 11.3 Å². The summed E-state index contributed by atoms with van der Waals surface area (Å²) in [4.78, 5) is 25.3. The van der Waals surface area contributed by atoms with Crippen LogP contribution in [0.5, 0.6) is 11.5 Å². The van der Waals surface area contributed by atoms with Crippen molar-refractivity contribution in [3.63, 3.8) is 0 Å². The second-order valence-electron chi connectivity index (χ2n) is 5.85. The van der Waals surface area contributed by atoms with Gasteiger partial charge < -0.3 is 14.8 Å². The van der Waals surface area contributed by atoms with Crippen molar-refractivity contribution < 1.29 is 19.1 Å². The van der Waals surface area contributed by atoms with Crippen LogP contribution in [0.4, 0.5) is 10.5 Å². The lowest BCUT2D eigenvalue weighted by Gasteiger charge is -2.17. The number of carbonyl (C=O) groups is 2. The summed E-state index contributed by atoms with van der Waals surface area (Å²) >= 11 is 9.46. The highest BCUT2D eigenvalue weighted by Crippen LogP contribution is 2.41. The molecule has 28 heavy (non-hydrogen) atoms. The third kappa shape index (κ3) is 4.59. The number of rotatable bonds is 6. The van der Waals surface area contributed by atoms with Gasteiger partial charge in [-0.1, -0.05) is 43.6 Å². The molecule has 2 aromatic carbocycles. The number of halogens is 2. The zero-order chi connectivity index (χ0) is 20.8. The first-order chi connectivity index (χ1) is 13.4. The van der Waals surface area contributed by atoms with Crippen LogP contribution in [0.25, 0.3) is 0 Å². The van der Waals surface area contributed by atoms with Crippen molar-refractivity contribution in [2.45, 2.75) is 26.7 Å². The molecule has 0 atom stereocenters. The van der Waals surface area contributed by atoms with E-state index in [0.717, 1.165) is 24.0 Å². The number of nitrogens with one attached hydrogen (secondary N) is 2. The van der Waals surface area contributed by atoms with Crippen molar-refractivity contribution in [2.24, 2.45) is 0 Å². The van der Waals surface area contributed by atoms with Crippen molar-refractivity contribution in [1.82, 2.24) is 5.32 Å². The molecule has 0 bridgehead atoms. The molecule has 0 fully saturated rings. The second kappa shape index (κ2) is 9.80. The van der Waals surface area contributed by atoms with E-state index in [-0.39, 0.29) is 22.1 Å². The fourth-order valence-electron chi connectivity index (χ4n) is 2.90. The summed E-state index contributed by atoms with van der Waals surface area (Å²) in [5.74, 6) is -0.355. The van der Waals surface area contributed by atoms with Crippen LogP contribution < -0.4 is 20.1 Å². The number of methoxy groups -OCH3 is 2. The Balaban J connectivity index is 2.33. The van der Waals surface area contributed by atoms with Crippen molar-refractivity contribution in [2.75, 3.05) is 19.5 Å². The maximum atomic E-state index is 12.8. The van der Waals surface area contributed by atoms with Crippen LogP contribution in [0.3, 0.4) is 0 Å². The Labute approximate surface area is 177 Å². The summed E-state index contributed by atoms with van der Waals surface area (Å²) in [7, 11) is 2.80. The molecule has 2 aromatic rings. The smallest absolute Gasteiger partial charge is 0.326 e. The predicted octanol–water partition coefficient (Wildman–Crippen LogP) is 5.21. The molecule has 0 spiro atoms. The number of imide groups is 1. The number of ether oxygens (including phenoxy) is 2. The molecule has 0 unspecified atom stereocenters. The van der Waals surface area contributed by atoms with Gasteiger partial charge in [-0.15, -0.1) is 0 Å². The fourth-order valence-corrected chi connectivity index (χ4v) is 3.90. The van der Waals surface area contributed by atoms with Crippen LogP contribution in [0.15, 0.2) is 28.7 Å². The number of hydrogen-bond acceptors (Lipinski definition) is 4. The molecule has 2 N–H and O–H groups in total. The molecule has 150 valence electrons. The van der Waals surface area contributed by atoms with Gasteiger partial charge in [0.25, 0.3) is 5.91 Å². The van der Waals surface area contributed by atoms with E-state index in [0.29, 0.717) is 10.2 Å². The van der Waals surface area contributed by atoms with Gasteiger partial charge >= 0.3 is 6.03 Å². The summed E-state index contributed by atoms with van der Waals surface area (Å²) in [6.45, 7) is 4.00. The van der Waals surface area contributed by atoms with Gasteiger partial charge in [-0.25, -0.2) is 4.79 Å². The SMILES string of the molecule is CCc1cccc(CC)c1NC(=O)NC(=O)c1c(OC)c(Cl)cc(Br)c1OC. The van der Waals surface area contributed by atoms with Gasteiger partial charge in [0.15, 0.2) is 5.75 Å². The highest BCUT2D eigenvalue weighted by Gasteiger charge is 2.25. The number of aryl methyl sites for hydroxylation is 2. The Morgan fingerprint density at radius 1 is 1.07 bits per heavy atom. The molecule has 0 aliphatic heterocycles. The highest BCUT2D eigenvalue weighted by molar-refractivity contribution is 9.10. The van der Waals surface area contributed by atoms with E-state index in [4.69, 9.17) is 21.1 Å². The van der Waals surface area contributed by atoms with Crippen molar-refractivity contribution in [3.05, 3.63) is 50.5 Å². The molecular weight excluding hydrogens is 448 g/mol. The molecule has 0 heterocycles. The van der Waals surface area contributed by atoms with E-state index in [9.17, 15) is 9.59 Å². The Morgan fingerprint density at radius 2 is 1.64 bits per heavy atom. The van der Waals surface area contributed by atoms with Crippen LogP contribution in [-0.4, -0.2) is 26.2 Å². The highest BCUT2D eigenvalue weighted by atomic mass is 79.9. The molecule has 3 amide bonds. The number of hydrogen-bond donors (Lipinski definition) is 2. The normalized spacial score (nSPS) is 10.4. The van der Waals surface area contributed by atoms with E-state index < -0.39 is 11.9 Å². The quantitative estimate of drug-likeness (QED) is 0.609. The van der Waals surface area contributed by atoms with Crippen LogP contribution in [0.2, 0.25) is 5.02 Å². The number of benzene rings is 2. The van der Waals surface area contributed by atoms with Gasteiger partial charge in [0, 0.05) is 5.69 Å². The van der Waals surface area contributed by atoms with Crippen LogP contribution in [0.1, 0.15) is 35.3 Å². The van der Waals surface area contributed by atoms with Crippen LogP contribution in [-0.2, 0) is 12.8 Å². The van der Waals surface area contributed by atoms with E-state index in [1.807, 2.05) is 32.0 Å². The molecule has 0 aliphatic carbocycles. The van der Waals surface area contributed by atoms with E-state index in [1.54, 1.807) is 6.07 Å². The zero-order valence-corrected chi connectivity index (χ0v) is 18.5. The standard InChI is InChI=1S/C20H22BrClN2O4/c1-5-11-8-7-9-12(6-2)16(11)23-20(26)24-19(25)15-17(27-3)13(21)10-14(22)18(15)28-4/h7-10H,5-6H2,1-4H3,(H2,23,24,25,26). The average molecular weight is 470 g/mol. The van der Waals surface area contributed by atoms with Gasteiger partial charge in [-0.05, 0) is 46.0 Å². The minimum atomic E-state index is -0.693. The molecule has 0 saturated carbocycles. The largest absolute Gasteiger partial charge is 0.495 e. The second-order valence-corrected chi connectivity index (χ2v) is 7.11. The maximum absolute atomic E-state index is 12.8. The van der Waals surface area contributed by atoms with E-state index >= 15 is 0 Å². The van der Waals surface area contributed by atoms with Crippen molar-refractivity contribution >= 4 is 45.2 Å². The molecular formula is C20H22BrClN2O4. The third-order valence-corrected chi connectivity index (χ3v) is 5.11. The molecule has 0 aromatic heterocycles. The minimum absolute atomic E-state index is 0.0269. The number of para-hydroxylation sites is 1. The van der Waals surface area contributed by atoms with Gasteiger partial charge in [0.2, 0.25) is 0 Å². The molecule has 2 rings (SSSR count). The zero-order valence-electron chi connectivity index (χ0n) is 16.1. The number of urea groups is 1. The first-order valence-electron chi connectivity index (χ1n) is 8.70. The summed E-state index contributed by atoms with van der Waals surface area (Å²) in [6.07, 6.45) is 1.50. The Morgan fingerprint density at radius 3 is 2.14 bits per heavy atom. The monoisotopic (exact) mass is 468 g/mol. The van der Waals surface area contributed by atoms with E-state index in [1.165, 1.54) is 14.2 Å². The van der Waals surface area contributed by atoms with Gasteiger partial charge in [-0.2, -0.15) is 0 Å². The predicted molar refractivity (Wildman–Crippen MR) is 114 cm³/mol. The minimum Gasteiger partial charge on any atom is -0.495 e. The lowest BCUT2D eigenvalue weighted by molar-refractivity contribution is 0.0961. The summed E-state index contributed by atoms with van der Waals surface area (Å²) < 4.78 is 11.0. The Bertz CT molecular complexity index is 852. The van der Waals surface area contributed by atoms with Gasteiger partial charge in [-0.3, -0.25) is 10.1 Å².